The van der Waals surface area contributed by atoms with Gasteiger partial charge in [0.1, 0.15) is 12.4 Å². The molecular weight excluding hydrogens is 600 g/mol. The van der Waals surface area contributed by atoms with E-state index in [9.17, 15) is 14.7 Å². The molecule has 224 valence electrons. The number of para-hydroxylation sites is 1. The molecule has 5 rings (SSSR count). The zero-order valence-corrected chi connectivity index (χ0v) is 25.6. The van der Waals surface area contributed by atoms with Gasteiger partial charge in [-0.3, -0.25) is 9.69 Å². The molecule has 1 fully saturated rings. The Kier molecular flexibility index (Phi) is 9.89. The van der Waals surface area contributed by atoms with E-state index >= 15 is 0 Å². The fraction of sp³-hybridized carbons (Fsp3) is 0.147. The number of ether oxygens (including phenoxy) is 3. The average Bonchev–Trinajstić information content (AvgIpc) is 3.30. The molecule has 0 aliphatic carbocycles. The highest BCUT2D eigenvalue weighted by Crippen LogP contribution is 2.40. The predicted molar refractivity (Wildman–Crippen MR) is 173 cm³/mol. The summed E-state index contributed by atoms with van der Waals surface area (Å²) in [6, 6.07) is 27.0. The first-order chi connectivity index (χ1) is 21.3. The molecule has 1 aliphatic rings. The second-order valence-electron chi connectivity index (χ2n) is 9.64. The molecule has 0 aromatic heterocycles. The number of rotatable bonds is 11. The zero-order chi connectivity index (χ0) is 31.1. The lowest BCUT2D eigenvalue weighted by molar-refractivity contribution is -0.122. The van der Waals surface area contributed by atoms with E-state index in [-0.39, 0.29) is 18.1 Å². The van der Waals surface area contributed by atoms with Crippen molar-refractivity contribution in [3.63, 3.8) is 0 Å². The minimum absolute atomic E-state index is 0.0926. The highest BCUT2D eigenvalue weighted by atomic mass is 35.5. The van der Waals surface area contributed by atoms with E-state index in [1.807, 2.05) is 61.5 Å². The number of carbonyl (C=O) groups is 2. The summed E-state index contributed by atoms with van der Waals surface area (Å²) in [5.41, 5.74) is 3.16. The van der Waals surface area contributed by atoms with Crippen LogP contribution in [0.1, 0.15) is 34.0 Å². The molecule has 4 aromatic rings. The molecule has 44 heavy (non-hydrogen) atoms. The van der Waals surface area contributed by atoms with Crippen molar-refractivity contribution in [1.29, 1.82) is 0 Å². The van der Waals surface area contributed by atoms with Crippen molar-refractivity contribution in [1.82, 2.24) is 4.90 Å². The van der Waals surface area contributed by atoms with Crippen molar-refractivity contribution in [2.45, 2.75) is 20.1 Å². The van der Waals surface area contributed by atoms with Crippen LogP contribution in [0.3, 0.4) is 0 Å². The van der Waals surface area contributed by atoms with Crippen LogP contribution in [0.2, 0.25) is 5.02 Å². The first-order valence-corrected chi connectivity index (χ1v) is 14.9. The van der Waals surface area contributed by atoms with Gasteiger partial charge in [0.05, 0.1) is 41.4 Å². The van der Waals surface area contributed by atoms with Gasteiger partial charge in [-0.1, -0.05) is 54.1 Å². The van der Waals surface area contributed by atoms with Crippen LogP contribution >= 0.6 is 23.4 Å². The summed E-state index contributed by atoms with van der Waals surface area (Å²) < 4.78 is 17.1. The Balaban J connectivity index is 1.43. The summed E-state index contributed by atoms with van der Waals surface area (Å²) in [6.07, 6.45) is 1.76. The topological polar surface area (TPSA) is 97.7 Å². The highest BCUT2D eigenvalue weighted by molar-refractivity contribution is 8.18. The minimum Gasteiger partial charge on any atom is -0.497 e. The molecule has 1 saturated heterocycles. The van der Waals surface area contributed by atoms with E-state index in [1.54, 1.807) is 48.4 Å². The number of amidine groups is 1. The van der Waals surface area contributed by atoms with E-state index in [0.29, 0.717) is 50.9 Å². The Morgan fingerprint density at radius 3 is 2.45 bits per heavy atom. The summed E-state index contributed by atoms with van der Waals surface area (Å²) in [6.45, 7) is 2.63. The number of hydrogen-bond donors (Lipinski definition) is 1. The van der Waals surface area contributed by atoms with Gasteiger partial charge in [0, 0.05) is 0 Å². The lowest BCUT2D eigenvalue weighted by Crippen LogP contribution is -2.28. The average molecular weight is 629 g/mol. The molecule has 4 aromatic carbocycles. The number of carboxylic acid groups (broad SMARTS) is 1. The number of carboxylic acids is 1. The zero-order valence-electron chi connectivity index (χ0n) is 24.0. The lowest BCUT2D eigenvalue weighted by atomic mass is 10.1. The molecule has 0 bridgehead atoms. The highest BCUT2D eigenvalue weighted by Gasteiger charge is 2.33. The van der Waals surface area contributed by atoms with Crippen LogP contribution in [-0.2, 0) is 17.9 Å². The lowest BCUT2D eigenvalue weighted by Gasteiger charge is -2.16. The first-order valence-electron chi connectivity index (χ1n) is 13.7. The molecule has 1 heterocycles. The summed E-state index contributed by atoms with van der Waals surface area (Å²) in [4.78, 5) is 32.0. The van der Waals surface area contributed by atoms with E-state index < -0.39 is 5.97 Å². The Labute approximate surface area is 264 Å². The van der Waals surface area contributed by atoms with Crippen LogP contribution in [0.4, 0.5) is 5.69 Å². The molecule has 1 N–H and O–H groups in total. The van der Waals surface area contributed by atoms with Crippen molar-refractivity contribution in [2.75, 3.05) is 13.7 Å². The van der Waals surface area contributed by atoms with Gasteiger partial charge in [-0.05, 0) is 90.0 Å². The molecular formula is C34H29ClN2O6S. The van der Waals surface area contributed by atoms with Crippen LogP contribution in [0, 0.1) is 0 Å². The number of benzene rings is 4. The Morgan fingerprint density at radius 1 is 0.977 bits per heavy atom. The van der Waals surface area contributed by atoms with E-state index in [1.165, 1.54) is 17.8 Å². The summed E-state index contributed by atoms with van der Waals surface area (Å²) in [5, 5.41) is 10.1. The number of thioether (sulfide) groups is 1. The Bertz CT molecular complexity index is 1720. The van der Waals surface area contributed by atoms with Crippen LogP contribution in [0.25, 0.3) is 6.08 Å². The van der Waals surface area contributed by atoms with Gasteiger partial charge < -0.3 is 19.3 Å². The van der Waals surface area contributed by atoms with Crippen LogP contribution < -0.4 is 14.2 Å². The maximum absolute atomic E-state index is 13.7. The van der Waals surface area contributed by atoms with Gasteiger partial charge >= 0.3 is 5.97 Å². The van der Waals surface area contributed by atoms with Gasteiger partial charge in [0.15, 0.2) is 16.7 Å². The van der Waals surface area contributed by atoms with E-state index in [2.05, 4.69) is 0 Å². The number of nitrogens with zero attached hydrogens (tertiary/aromatic N) is 2. The Morgan fingerprint density at radius 2 is 1.75 bits per heavy atom. The van der Waals surface area contributed by atoms with Crippen molar-refractivity contribution in [2.24, 2.45) is 4.99 Å². The number of halogens is 1. The van der Waals surface area contributed by atoms with E-state index in [4.69, 9.17) is 30.8 Å². The van der Waals surface area contributed by atoms with E-state index in [0.717, 1.165) is 17.0 Å². The normalized spacial score (nSPS) is 14.7. The summed E-state index contributed by atoms with van der Waals surface area (Å²) >= 11 is 7.96. The molecule has 1 aliphatic heterocycles. The minimum atomic E-state index is -1.02. The predicted octanol–water partition coefficient (Wildman–Crippen LogP) is 7.83. The molecule has 0 atom stereocenters. The van der Waals surface area contributed by atoms with Crippen molar-refractivity contribution in [3.8, 4) is 17.2 Å². The number of aromatic carboxylic acids is 1. The number of aliphatic imine (C=N–C) groups is 1. The monoisotopic (exact) mass is 628 g/mol. The SMILES string of the molecule is CCOc1cc(/C=C2\SC(=Nc3ccccc3)N(Cc3ccc(OC)cc3)C2=O)cc(Cl)c1OCc1cccc(C(=O)O)c1. The molecule has 1 amide bonds. The largest absolute Gasteiger partial charge is 0.497 e. The van der Waals surface area contributed by atoms with Gasteiger partial charge in [-0.2, -0.15) is 0 Å². The van der Waals surface area contributed by atoms with Crippen LogP contribution in [0.5, 0.6) is 17.2 Å². The van der Waals surface area contributed by atoms with Crippen molar-refractivity contribution < 1.29 is 28.9 Å². The molecule has 8 nitrogen and oxygen atoms in total. The molecule has 0 saturated carbocycles. The fourth-order valence-corrected chi connectivity index (χ4v) is 5.70. The third-order valence-corrected chi connectivity index (χ3v) is 7.84. The number of amides is 1. The maximum atomic E-state index is 13.7. The number of methoxy groups -OCH3 is 1. The fourth-order valence-electron chi connectivity index (χ4n) is 4.43. The second kappa shape index (κ2) is 14.2. The third kappa shape index (κ3) is 7.42. The molecule has 0 unspecified atom stereocenters. The third-order valence-electron chi connectivity index (χ3n) is 6.56. The smallest absolute Gasteiger partial charge is 0.335 e. The van der Waals surface area contributed by atoms with Gasteiger partial charge in [-0.15, -0.1) is 0 Å². The van der Waals surface area contributed by atoms with Gasteiger partial charge in [0.25, 0.3) is 5.91 Å². The molecule has 0 radical (unpaired) electrons. The second-order valence-corrected chi connectivity index (χ2v) is 11.1. The quantitative estimate of drug-likeness (QED) is 0.169. The molecule has 10 heteroatoms. The van der Waals surface area contributed by atoms with Crippen LogP contribution in [-0.4, -0.2) is 40.8 Å². The standard InChI is InChI=1S/C34H29ClN2O6S/c1-3-42-29-18-24(17-28(35)31(29)43-21-23-8-7-9-25(16-23)33(39)40)19-30-32(38)37(20-22-12-14-27(41-2)15-13-22)34(44-30)36-26-10-5-4-6-11-26/h4-19H,3,20-21H2,1-2H3,(H,39,40)/b30-19-,36-34?. The Hall–Kier alpha value is -4.73. The van der Waals surface area contributed by atoms with Gasteiger partial charge in [-0.25, -0.2) is 9.79 Å². The molecule has 0 spiro atoms. The number of carbonyl (C=O) groups excluding carboxylic acids is 1. The number of hydrogen-bond acceptors (Lipinski definition) is 7. The summed E-state index contributed by atoms with van der Waals surface area (Å²) in [5.74, 6) is 0.265. The maximum Gasteiger partial charge on any atom is 0.335 e. The van der Waals surface area contributed by atoms with Gasteiger partial charge in [0.2, 0.25) is 0 Å². The first kappa shape index (κ1) is 30.7. The van der Waals surface area contributed by atoms with Crippen molar-refractivity contribution in [3.05, 3.63) is 123 Å². The van der Waals surface area contributed by atoms with Crippen LogP contribution in [0.15, 0.2) is 101 Å². The summed E-state index contributed by atoms with van der Waals surface area (Å²) in [7, 11) is 1.61. The van der Waals surface area contributed by atoms with Crippen molar-refractivity contribution >= 4 is 52.2 Å².